The number of carboxylic acid groups (broad SMARTS) is 1. The van der Waals surface area contributed by atoms with Crippen molar-refractivity contribution in [1.29, 1.82) is 0 Å². The van der Waals surface area contributed by atoms with Crippen LogP contribution in [-0.2, 0) is 33.3 Å². The van der Waals surface area contributed by atoms with Crippen molar-refractivity contribution in [1.82, 2.24) is 0 Å². The minimum Gasteiger partial charge on any atom is -0.477 e. The lowest BCUT2D eigenvalue weighted by Gasteiger charge is -2.25. The zero-order valence-electron chi connectivity index (χ0n) is 58.2. The molecule has 0 aliphatic carbocycles. The second-order valence-electron chi connectivity index (χ2n) is 26.6. The summed E-state index contributed by atoms with van der Waals surface area (Å²) >= 11 is 0. The predicted molar refractivity (Wildman–Crippen MR) is 373 cm³/mol. The van der Waals surface area contributed by atoms with Crippen LogP contribution in [0.25, 0.3) is 0 Å². The molecule has 0 aromatic carbocycles. The molecule has 0 saturated carbocycles. The zero-order chi connectivity index (χ0) is 63.3. The Morgan fingerprint density at radius 3 is 0.977 bits per heavy atom. The summed E-state index contributed by atoms with van der Waals surface area (Å²) in [7, 11) is 5.99. The highest BCUT2D eigenvalue weighted by atomic mass is 16.7. The minimum atomic E-state index is -1.51. The van der Waals surface area contributed by atoms with Gasteiger partial charge in [0.15, 0.2) is 6.10 Å². The Morgan fingerprint density at radius 1 is 0.356 bits per heavy atom. The first kappa shape index (κ1) is 84.0. The average molecular weight is 1220 g/mol. The van der Waals surface area contributed by atoms with Gasteiger partial charge in [0.2, 0.25) is 0 Å². The molecule has 2 unspecified atom stereocenters. The molecular weight excluding hydrogens is 1080 g/mol. The Kier molecular flexibility index (Phi) is 66.5. The first-order valence-electron chi connectivity index (χ1n) is 37.5. The Hall–Kier alpha value is -3.01. The lowest BCUT2D eigenvalue weighted by Crippen LogP contribution is -2.40. The summed E-state index contributed by atoms with van der Waals surface area (Å²) in [5.41, 5.74) is 0. The number of carbonyl (C=O) groups excluding carboxylic acids is 2. The van der Waals surface area contributed by atoms with Gasteiger partial charge >= 0.3 is 17.9 Å². The summed E-state index contributed by atoms with van der Waals surface area (Å²) < 4.78 is 23.0. The topological polar surface area (TPSA) is 108 Å². The van der Waals surface area contributed by atoms with E-state index in [4.69, 9.17) is 18.9 Å². The first-order chi connectivity index (χ1) is 42.6. The number of ether oxygens (including phenoxy) is 4. The molecule has 0 fully saturated rings. The van der Waals surface area contributed by atoms with E-state index in [2.05, 4.69) is 74.6 Å². The van der Waals surface area contributed by atoms with Crippen molar-refractivity contribution in [3.05, 3.63) is 60.8 Å². The van der Waals surface area contributed by atoms with E-state index in [1.807, 2.05) is 21.1 Å². The van der Waals surface area contributed by atoms with Gasteiger partial charge in [-0.1, -0.05) is 351 Å². The monoisotopic (exact) mass is 1220 g/mol. The number of rotatable bonds is 70. The van der Waals surface area contributed by atoms with Gasteiger partial charge in [-0.3, -0.25) is 9.59 Å². The number of unbranched alkanes of at least 4 members (excludes halogenated alkanes) is 45. The van der Waals surface area contributed by atoms with Gasteiger partial charge in [0.25, 0.3) is 6.29 Å². The lowest BCUT2D eigenvalue weighted by molar-refractivity contribution is -0.870. The van der Waals surface area contributed by atoms with Crippen LogP contribution in [0.4, 0.5) is 0 Å². The van der Waals surface area contributed by atoms with Crippen LogP contribution in [0.15, 0.2) is 60.8 Å². The van der Waals surface area contributed by atoms with Gasteiger partial charge in [0.1, 0.15) is 13.2 Å². The van der Waals surface area contributed by atoms with E-state index in [-0.39, 0.29) is 32.2 Å². The number of carboxylic acids is 1. The molecule has 0 heterocycles. The maximum Gasteiger partial charge on any atom is 0.361 e. The molecule has 0 spiro atoms. The third-order valence-corrected chi connectivity index (χ3v) is 16.8. The highest BCUT2D eigenvalue weighted by Crippen LogP contribution is 2.19. The standard InChI is InChI=1S/C78H143NO8/c1-6-8-10-12-14-16-18-20-22-24-26-28-30-32-34-36-37-38-39-41-42-44-46-48-50-52-54-56-58-60-62-64-66-68-75(80)85-72-74(73-86-78(77(82)83)84-71-70-79(3,4)5)87-76(81)69-67-65-63-61-59-57-55-53-51-49-47-45-43-40-35-33-31-29-27-25-23-21-19-17-15-13-11-9-7-2/h9,11,15,17,21,23,27,29,33,35,74,78H,6-8,10,12-14,16,18-20,22,24-26,28,30-32,34,36-73H2,1-5H3/p+1/b11-9-,17-15-,23-21-,29-27-,35-33-. The molecule has 9 nitrogen and oxygen atoms in total. The van der Waals surface area contributed by atoms with Crippen molar-refractivity contribution in [2.45, 2.75) is 373 Å². The number of aliphatic carboxylic acids is 1. The summed E-state index contributed by atoms with van der Waals surface area (Å²) in [6.45, 7) is 4.82. The largest absolute Gasteiger partial charge is 0.477 e. The number of allylic oxidation sites excluding steroid dienone is 10. The van der Waals surface area contributed by atoms with E-state index < -0.39 is 24.3 Å². The van der Waals surface area contributed by atoms with E-state index in [0.717, 1.165) is 70.6 Å². The average Bonchev–Trinajstić information content (AvgIpc) is 3.57. The van der Waals surface area contributed by atoms with Crippen molar-refractivity contribution >= 4 is 17.9 Å². The normalized spacial score (nSPS) is 13.0. The van der Waals surface area contributed by atoms with Gasteiger partial charge in [-0.25, -0.2) is 4.79 Å². The highest BCUT2D eigenvalue weighted by Gasteiger charge is 2.25. The van der Waals surface area contributed by atoms with Crippen LogP contribution in [0.2, 0.25) is 0 Å². The molecular formula is C78H144NO8+. The number of nitrogens with zero attached hydrogens (tertiary/aromatic N) is 1. The molecule has 2 atom stereocenters. The highest BCUT2D eigenvalue weighted by molar-refractivity contribution is 5.71. The molecule has 0 rings (SSSR count). The summed E-state index contributed by atoms with van der Waals surface area (Å²) in [4.78, 5) is 37.7. The van der Waals surface area contributed by atoms with Crippen LogP contribution >= 0.6 is 0 Å². The molecule has 0 aromatic heterocycles. The van der Waals surface area contributed by atoms with Gasteiger partial charge < -0.3 is 28.5 Å². The Morgan fingerprint density at radius 2 is 0.655 bits per heavy atom. The molecule has 0 radical (unpaired) electrons. The number of likely N-dealkylation sites (N-methyl/N-ethyl adjacent to an activating group) is 1. The molecule has 0 saturated heterocycles. The van der Waals surface area contributed by atoms with Crippen molar-refractivity contribution < 1.29 is 42.9 Å². The molecule has 0 amide bonds. The van der Waals surface area contributed by atoms with E-state index in [1.54, 1.807) is 0 Å². The zero-order valence-corrected chi connectivity index (χ0v) is 58.2. The predicted octanol–water partition coefficient (Wildman–Crippen LogP) is 23.5. The maximum absolute atomic E-state index is 13.0. The fourth-order valence-corrected chi connectivity index (χ4v) is 11.1. The number of quaternary nitrogens is 1. The maximum atomic E-state index is 13.0. The molecule has 1 N–H and O–H groups in total. The van der Waals surface area contributed by atoms with Crippen LogP contribution < -0.4 is 0 Å². The number of carbonyl (C=O) groups is 3. The molecule has 0 aliphatic rings. The molecule has 0 bridgehead atoms. The van der Waals surface area contributed by atoms with Crippen molar-refractivity contribution in [3.8, 4) is 0 Å². The van der Waals surface area contributed by atoms with Gasteiger partial charge in [-0.15, -0.1) is 0 Å². The molecule has 9 heteroatoms. The first-order valence-corrected chi connectivity index (χ1v) is 37.5. The SMILES string of the molecule is CC/C=C\C/C=C\C/C=C\C/C=C\C/C=C\CCCCCCCCCCCCCCCC(=O)OC(COC(=O)CCCCCCCCCCCCCCCCCCCCCCCCCCCCCCCCCCC)COC(OCC[N+](C)(C)C)C(=O)O. The van der Waals surface area contributed by atoms with E-state index in [9.17, 15) is 19.5 Å². The number of hydrogen-bond acceptors (Lipinski definition) is 7. The van der Waals surface area contributed by atoms with Crippen molar-refractivity contribution in [2.24, 2.45) is 0 Å². The second kappa shape index (κ2) is 68.9. The van der Waals surface area contributed by atoms with Crippen LogP contribution in [0.1, 0.15) is 361 Å². The third kappa shape index (κ3) is 70.3. The van der Waals surface area contributed by atoms with Crippen LogP contribution in [-0.4, -0.2) is 87.4 Å². The Labute approximate surface area is 539 Å². The fourth-order valence-electron chi connectivity index (χ4n) is 11.1. The van der Waals surface area contributed by atoms with Crippen LogP contribution in [0.5, 0.6) is 0 Å². The molecule has 0 aliphatic heterocycles. The summed E-state index contributed by atoms with van der Waals surface area (Å²) in [5, 5.41) is 9.76. The molecule has 0 aromatic rings. The fraction of sp³-hybridized carbons (Fsp3) is 0.833. The van der Waals surface area contributed by atoms with Crippen LogP contribution in [0, 0.1) is 0 Å². The van der Waals surface area contributed by atoms with E-state index in [0.29, 0.717) is 17.4 Å². The number of hydrogen-bond donors (Lipinski definition) is 1. The summed E-state index contributed by atoms with van der Waals surface area (Å²) in [6.07, 6.45) is 87.9. The van der Waals surface area contributed by atoms with E-state index in [1.165, 1.54) is 263 Å². The Bertz CT molecular complexity index is 1610. The van der Waals surface area contributed by atoms with Gasteiger partial charge in [-0.2, -0.15) is 0 Å². The van der Waals surface area contributed by atoms with Crippen LogP contribution in [0.3, 0.4) is 0 Å². The number of esters is 2. The van der Waals surface area contributed by atoms with E-state index >= 15 is 0 Å². The Balaban J connectivity index is 4.03. The summed E-state index contributed by atoms with van der Waals surface area (Å²) in [5.74, 6) is -1.98. The quantitative estimate of drug-likeness (QED) is 0.0211. The van der Waals surface area contributed by atoms with Gasteiger partial charge in [-0.05, 0) is 57.8 Å². The third-order valence-electron chi connectivity index (χ3n) is 16.8. The summed E-state index contributed by atoms with van der Waals surface area (Å²) in [6, 6.07) is 0. The second-order valence-corrected chi connectivity index (χ2v) is 26.6. The molecule has 87 heavy (non-hydrogen) atoms. The lowest BCUT2D eigenvalue weighted by atomic mass is 10.0. The smallest absolute Gasteiger partial charge is 0.361 e. The van der Waals surface area contributed by atoms with Gasteiger partial charge in [0, 0.05) is 12.8 Å². The minimum absolute atomic E-state index is 0.179. The van der Waals surface area contributed by atoms with Crippen molar-refractivity contribution in [2.75, 3.05) is 47.5 Å². The van der Waals surface area contributed by atoms with Gasteiger partial charge in [0.05, 0.1) is 34.4 Å². The molecule has 508 valence electrons. The van der Waals surface area contributed by atoms with Crippen molar-refractivity contribution in [3.63, 3.8) is 0 Å².